The summed E-state index contributed by atoms with van der Waals surface area (Å²) in [6.07, 6.45) is 8.31. The van der Waals surface area contributed by atoms with E-state index in [1.807, 2.05) is 23.9 Å². The number of hydrogen-bond acceptors (Lipinski definition) is 4. The van der Waals surface area contributed by atoms with Gasteiger partial charge in [-0.05, 0) is 49.1 Å². The third-order valence-electron chi connectivity index (χ3n) is 6.02. The Kier molecular flexibility index (Phi) is 10.0. The number of halogens is 1. The number of quaternary nitrogens is 1. The number of imide groups is 1. The number of nitrogens with one attached hydrogen (secondary N) is 1. The van der Waals surface area contributed by atoms with Crippen LogP contribution in [-0.2, 0) is 16.1 Å². The number of unbranched alkanes of at least 4 members (excludes halogenated alkanes) is 5. The number of nitrogens with zero attached hydrogens (tertiary/aromatic N) is 2. The summed E-state index contributed by atoms with van der Waals surface area (Å²) in [7, 11) is 6.74. The zero-order chi connectivity index (χ0) is 22.4. The molecule has 3 rings (SSSR count). The Hall–Kier alpha value is -1.57. The van der Waals surface area contributed by atoms with Crippen molar-refractivity contribution in [3.63, 3.8) is 0 Å². The van der Waals surface area contributed by atoms with Gasteiger partial charge in [0.1, 0.15) is 6.04 Å². The molecule has 1 aromatic rings. The SMILES string of the molecule is C[N+](C)(C)CCCCCCCCSc1cccc2c1CN(C1CCC(=O)NC1=O)C2=O.[Cl-]. The Bertz CT molecular complexity index is 825. The minimum Gasteiger partial charge on any atom is -1.00 e. The van der Waals surface area contributed by atoms with E-state index in [4.69, 9.17) is 0 Å². The van der Waals surface area contributed by atoms with Crippen molar-refractivity contribution in [2.45, 2.75) is 68.8 Å². The van der Waals surface area contributed by atoms with E-state index in [0.717, 1.165) is 20.7 Å². The van der Waals surface area contributed by atoms with Gasteiger partial charge in [-0.15, -0.1) is 11.8 Å². The zero-order valence-corrected chi connectivity index (χ0v) is 21.1. The second-order valence-electron chi connectivity index (χ2n) is 9.67. The molecule has 0 aliphatic carbocycles. The van der Waals surface area contributed by atoms with Crippen LogP contribution >= 0.6 is 11.8 Å². The van der Waals surface area contributed by atoms with Crippen molar-refractivity contribution in [2.75, 3.05) is 33.4 Å². The summed E-state index contributed by atoms with van der Waals surface area (Å²) in [6.45, 7) is 1.69. The number of benzene rings is 1. The summed E-state index contributed by atoms with van der Waals surface area (Å²) < 4.78 is 1.04. The van der Waals surface area contributed by atoms with Gasteiger partial charge in [-0.1, -0.05) is 25.3 Å². The maximum Gasteiger partial charge on any atom is 0.255 e. The molecule has 178 valence electrons. The molecule has 1 aromatic carbocycles. The molecule has 1 N–H and O–H groups in total. The molecular formula is C24H36ClN3O3S. The van der Waals surface area contributed by atoms with E-state index < -0.39 is 6.04 Å². The lowest BCUT2D eigenvalue weighted by molar-refractivity contribution is -0.870. The quantitative estimate of drug-likeness (QED) is 0.217. The summed E-state index contributed by atoms with van der Waals surface area (Å²) in [5.41, 5.74) is 1.73. The van der Waals surface area contributed by atoms with E-state index in [0.29, 0.717) is 18.5 Å². The van der Waals surface area contributed by atoms with Gasteiger partial charge in [0.15, 0.2) is 0 Å². The fourth-order valence-corrected chi connectivity index (χ4v) is 5.36. The van der Waals surface area contributed by atoms with Gasteiger partial charge in [-0.3, -0.25) is 19.7 Å². The molecule has 3 amide bonds. The van der Waals surface area contributed by atoms with E-state index in [9.17, 15) is 14.4 Å². The highest BCUT2D eigenvalue weighted by Crippen LogP contribution is 2.34. The Labute approximate surface area is 202 Å². The van der Waals surface area contributed by atoms with Crippen LogP contribution in [0.2, 0.25) is 0 Å². The summed E-state index contributed by atoms with van der Waals surface area (Å²) in [6, 6.07) is 5.31. The fraction of sp³-hybridized carbons (Fsp3) is 0.625. The molecule has 2 heterocycles. The van der Waals surface area contributed by atoms with Crippen molar-refractivity contribution >= 4 is 29.5 Å². The highest BCUT2D eigenvalue weighted by atomic mass is 35.5. The van der Waals surface area contributed by atoms with Gasteiger partial charge < -0.3 is 21.8 Å². The molecule has 0 radical (unpaired) electrons. The van der Waals surface area contributed by atoms with Crippen molar-refractivity contribution in [3.8, 4) is 0 Å². The normalized spacial score (nSPS) is 18.4. The van der Waals surface area contributed by atoms with Crippen LogP contribution in [0.1, 0.15) is 67.3 Å². The van der Waals surface area contributed by atoms with Crippen LogP contribution in [0.15, 0.2) is 23.1 Å². The molecule has 1 saturated heterocycles. The number of thioether (sulfide) groups is 1. The highest BCUT2D eigenvalue weighted by Gasteiger charge is 2.39. The number of carbonyl (C=O) groups is 3. The molecular weight excluding hydrogens is 446 g/mol. The summed E-state index contributed by atoms with van der Waals surface area (Å²) in [4.78, 5) is 39.3. The zero-order valence-electron chi connectivity index (χ0n) is 19.5. The van der Waals surface area contributed by atoms with E-state index in [-0.39, 0.29) is 36.5 Å². The number of carbonyl (C=O) groups excluding carboxylic acids is 3. The molecule has 0 bridgehead atoms. The third-order valence-corrected chi connectivity index (χ3v) is 7.21. The monoisotopic (exact) mass is 481 g/mol. The Balaban J connectivity index is 0.00000363. The van der Waals surface area contributed by atoms with Crippen molar-refractivity contribution in [3.05, 3.63) is 29.3 Å². The average molecular weight is 482 g/mol. The standard InChI is InChI=1S/C24H35N3O3S.ClH/c1-27(2,3)15-8-6-4-5-7-9-16-31-21-12-10-11-18-19(21)17-26(24(18)30)20-13-14-22(28)25-23(20)29;/h10-12,20H,4-9,13-17H2,1-3H3;1H. The molecule has 1 fully saturated rings. The number of hydrogen-bond donors (Lipinski definition) is 1. The van der Waals surface area contributed by atoms with Gasteiger partial charge in [-0.2, -0.15) is 0 Å². The molecule has 2 aliphatic heterocycles. The molecule has 6 nitrogen and oxygen atoms in total. The second kappa shape index (κ2) is 12.1. The summed E-state index contributed by atoms with van der Waals surface area (Å²) >= 11 is 1.81. The number of amides is 3. The fourth-order valence-electron chi connectivity index (χ4n) is 4.27. The van der Waals surface area contributed by atoms with Gasteiger partial charge in [0.05, 0.1) is 27.7 Å². The lowest BCUT2D eigenvalue weighted by Crippen LogP contribution is -3.00. The highest BCUT2D eigenvalue weighted by molar-refractivity contribution is 7.99. The predicted octanol–water partition coefficient (Wildman–Crippen LogP) is 0.591. The van der Waals surface area contributed by atoms with Crippen LogP contribution in [0, 0.1) is 0 Å². The molecule has 1 unspecified atom stereocenters. The second-order valence-corrected chi connectivity index (χ2v) is 10.8. The number of piperidine rings is 1. The van der Waals surface area contributed by atoms with Crippen LogP contribution < -0.4 is 17.7 Å². The largest absolute Gasteiger partial charge is 1.00 e. The first-order valence-corrected chi connectivity index (χ1v) is 12.4. The Morgan fingerprint density at radius 1 is 1.03 bits per heavy atom. The van der Waals surface area contributed by atoms with Crippen LogP contribution in [0.25, 0.3) is 0 Å². The van der Waals surface area contributed by atoms with Gasteiger partial charge in [0.2, 0.25) is 11.8 Å². The number of rotatable bonds is 11. The minimum atomic E-state index is -0.549. The first-order chi connectivity index (χ1) is 14.8. The summed E-state index contributed by atoms with van der Waals surface area (Å²) in [5.74, 6) is 0.339. The lowest BCUT2D eigenvalue weighted by Gasteiger charge is -2.29. The topological polar surface area (TPSA) is 66.5 Å². The van der Waals surface area contributed by atoms with Crippen LogP contribution in [0.5, 0.6) is 0 Å². The molecule has 2 aliphatic rings. The lowest BCUT2D eigenvalue weighted by atomic mass is 10.0. The van der Waals surface area contributed by atoms with E-state index in [2.05, 4.69) is 32.5 Å². The van der Waals surface area contributed by atoms with E-state index >= 15 is 0 Å². The van der Waals surface area contributed by atoms with Gasteiger partial charge in [0.25, 0.3) is 5.91 Å². The minimum absolute atomic E-state index is 0. The third kappa shape index (κ3) is 7.22. The molecule has 0 spiro atoms. The predicted molar refractivity (Wildman–Crippen MR) is 124 cm³/mol. The maximum absolute atomic E-state index is 12.9. The van der Waals surface area contributed by atoms with Gasteiger partial charge in [0, 0.05) is 23.4 Å². The van der Waals surface area contributed by atoms with Gasteiger partial charge in [-0.25, -0.2) is 0 Å². The molecule has 1 atom stereocenters. The first kappa shape index (κ1) is 26.7. The van der Waals surface area contributed by atoms with Crippen LogP contribution in [0.3, 0.4) is 0 Å². The molecule has 0 saturated carbocycles. The van der Waals surface area contributed by atoms with Crippen LogP contribution in [0.4, 0.5) is 0 Å². The van der Waals surface area contributed by atoms with Crippen molar-refractivity contribution in [2.24, 2.45) is 0 Å². The Morgan fingerprint density at radius 3 is 2.41 bits per heavy atom. The Morgan fingerprint density at radius 2 is 1.72 bits per heavy atom. The van der Waals surface area contributed by atoms with Crippen molar-refractivity contribution in [1.82, 2.24) is 10.2 Å². The molecule has 32 heavy (non-hydrogen) atoms. The van der Waals surface area contributed by atoms with Gasteiger partial charge >= 0.3 is 0 Å². The van der Waals surface area contributed by atoms with Crippen molar-refractivity contribution in [1.29, 1.82) is 0 Å². The first-order valence-electron chi connectivity index (χ1n) is 11.5. The molecule has 0 aromatic heterocycles. The van der Waals surface area contributed by atoms with Crippen molar-refractivity contribution < 1.29 is 31.3 Å². The summed E-state index contributed by atoms with van der Waals surface area (Å²) in [5, 5.41) is 2.36. The number of fused-ring (bicyclic) bond motifs is 1. The smallest absolute Gasteiger partial charge is 0.255 e. The van der Waals surface area contributed by atoms with E-state index in [1.54, 1.807) is 4.90 Å². The maximum atomic E-state index is 12.9. The average Bonchev–Trinajstić information content (AvgIpc) is 3.03. The molecule has 8 heteroatoms. The van der Waals surface area contributed by atoms with E-state index in [1.165, 1.54) is 45.1 Å². The van der Waals surface area contributed by atoms with Crippen LogP contribution in [-0.4, -0.2) is 66.6 Å².